The first kappa shape index (κ1) is 76.1. The van der Waals surface area contributed by atoms with Crippen LogP contribution in [0.1, 0.15) is 111 Å². The van der Waals surface area contributed by atoms with Crippen LogP contribution in [0.4, 0.5) is 0 Å². The summed E-state index contributed by atoms with van der Waals surface area (Å²) in [5, 5.41) is 0. The van der Waals surface area contributed by atoms with Gasteiger partial charge in [-0.1, -0.05) is 142 Å². The van der Waals surface area contributed by atoms with Gasteiger partial charge in [-0.05, 0) is 148 Å². The van der Waals surface area contributed by atoms with E-state index in [9.17, 15) is 0 Å². The summed E-state index contributed by atoms with van der Waals surface area (Å²) < 4.78 is 15.0. The quantitative estimate of drug-likeness (QED) is 0.0809. The standard InChI is InChI=1S/4C11H18P.2CO.4ClH.2Fe.2Ru/c4*1-9(2)12(10(3)4)11-7-5-6-8-11;2*1-2;;;;;;;;/h4*5-10H,1-4H3;;;4*1H;;;;/q;;;;;;;;;;4*+2/p-4. The van der Waals surface area contributed by atoms with Crippen LogP contribution in [0.5, 0.6) is 0 Å². The molecule has 0 spiro atoms. The van der Waals surface area contributed by atoms with Crippen molar-refractivity contribution in [2.45, 2.75) is 156 Å². The zero-order valence-corrected chi connectivity index (χ0v) is 50.7. The molecule has 4 fully saturated rings. The van der Waals surface area contributed by atoms with Gasteiger partial charge in [0.25, 0.3) is 0 Å². The minimum Gasteiger partial charge on any atom is 2.00 e. The largest absolute Gasteiger partial charge is 2.00 e. The van der Waals surface area contributed by atoms with Gasteiger partial charge in [-0.25, -0.2) is 0 Å². The Bertz CT molecular complexity index is 749. The van der Waals surface area contributed by atoms with E-state index in [1.807, 2.05) is 0 Å². The Kier molecular flexibility index (Phi) is 63.5. The number of hydrogen-bond donors (Lipinski definition) is 0. The van der Waals surface area contributed by atoms with Gasteiger partial charge in [0.2, 0.25) is 0 Å². The van der Waals surface area contributed by atoms with E-state index >= 15 is 0 Å². The monoisotopic (exact) mass is 1240 g/mol. The molecule has 0 aromatic carbocycles. The second-order valence-corrected chi connectivity index (χ2v) is 33.9. The molecule has 4 saturated carbocycles. The molecular weight excluding hydrogens is 1160 g/mol. The first-order valence-corrected chi connectivity index (χ1v) is 34.3. The van der Waals surface area contributed by atoms with Crippen LogP contribution < -0.4 is 0 Å². The predicted octanol–water partition coefficient (Wildman–Crippen LogP) is 17.3. The molecule has 0 aromatic heterocycles. The molecule has 0 bridgehead atoms. The van der Waals surface area contributed by atoms with Crippen LogP contribution in [0.15, 0.2) is 0 Å². The van der Waals surface area contributed by atoms with E-state index in [4.69, 9.17) is 48.1 Å². The van der Waals surface area contributed by atoms with Crippen molar-refractivity contribution in [3.05, 3.63) is 139 Å². The molecule has 0 amide bonds. The fourth-order valence-corrected chi connectivity index (χ4v) is 18.5. The summed E-state index contributed by atoms with van der Waals surface area (Å²) in [6.07, 6.45) is 35.3. The van der Waals surface area contributed by atoms with Crippen molar-refractivity contribution >= 4 is 70.5 Å². The Morgan fingerprint density at radius 3 is 0.467 bits per heavy atom. The van der Waals surface area contributed by atoms with Crippen molar-refractivity contribution in [3.63, 3.8) is 0 Å². The van der Waals surface area contributed by atoms with Gasteiger partial charge in [-0.15, -0.1) is 0 Å². The van der Waals surface area contributed by atoms with E-state index in [-0.39, 0.29) is 96.1 Å². The molecule has 60 heavy (non-hydrogen) atoms. The SMILES string of the molecule is CC(C)P([C]1[CH][CH][CH][CH]1)C(C)C.CC(C)P([C]1[CH][CH][CH][CH]1)C(C)C.CC(C)P([C]1[CH][CH][CH][CH]1)C(C)C.CC(C)P([C]1[CH][CH][CH][CH]1)C(C)C.[C-]#[O+].[C-]#[O+].[Cl][Ru][Cl].[Cl][Ru][Cl].[Fe+2].[Fe+2]. The molecule has 0 aromatic rings. The fourth-order valence-electron chi connectivity index (χ4n) is 6.91. The molecule has 0 aliphatic heterocycles. The average Bonchev–Trinajstić information content (AvgIpc) is 3.98. The summed E-state index contributed by atoms with van der Waals surface area (Å²) in [7, 11) is 19.7. The van der Waals surface area contributed by atoms with Crippen molar-refractivity contribution in [1.82, 2.24) is 0 Å². The van der Waals surface area contributed by atoms with Gasteiger partial charge in [0, 0.05) is 22.6 Å². The van der Waals surface area contributed by atoms with Crippen LogP contribution in [0.25, 0.3) is 0 Å². The second kappa shape index (κ2) is 50.0. The fraction of sp³-hybridized carbons (Fsp3) is 0.522. The Labute approximate surface area is 434 Å². The van der Waals surface area contributed by atoms with Gasteiger partial charge >= 0.3 is 126 Å². The summed E-state index contributed by atoms with van der Waals surface area (Å²) in [6, 6.07) is 0. The van der Waals surface area contributed by atoms with E-state index in [1.165, 1.54) is 0 Å². The Balaban J connectivity index is -0.000000149. The van der Waals surface area contributed by atoms with Crippen LogP contribution in [0.3, 0.4) is 0 Å². The third kappa shape index (κ3) is 36.6. The van der Waals surface area contributed by atoms with E-state index < -0.39 is 0 Å². The molecule has 4 aliphatic carbocycles. The van der Waals surface area contributed by atoms with Gasteiger partial charge in [0.05, 0.1) is 0 Å². The number of rotatable bonds is 12. The van der Waals surface area contributed by atoms with Crippen LogP contribution >= 0.6 is 70.5 Å². The summed E-state index contributed by atoms with van der Waals surface area (Å²) in [5.41, 5.74) is 12.7. The van der Waals surface area contributed by atoms with Gasteiger partial charge in [-0.2, -0.15) is 0 Å². The van der Waals surface area contributed by atoms with Crippen molar-refractivity contribution in [3.8, 4) is 0 Å². The van der Waals surface area contributed by atoms with Gasteiger partial charge < -0.3 is 0 Å². The molecule has 0 unspecified atom stereocenters. The third-order valence-corrected chi connectivity index (χ3v) is 20.7. The second-order valence-electron chi connectivity index (χ2n) is 15.1. The maximum atomic E-state index is 7.50. The van der Waals surface area contributed by atoms with Crippen LogP contribution in [0, 0.1) is 139 Å². The Morgan fingerprint density at radius 2 is 0.400 bits per heavy atom. The molecule has 0 atom stereocenters. The zero-order chi connectivity index (χ0) is 46.0. The molecular formula is C46H72Cl4Fe2O2P4Ru2+4. The Morgan fingerprint density at radius 1 is 0.317 bits per heavy atom. The zero-order valence-electron chi connectivity index (χ0n) is 38.4. The van der Waals surface area contributed by atoms with E-state index in [0.29, 0.717) is 0 Å². The van der Waals surface area contributed by atoms with E-state index in [2.05, 4.69) is 227 Å². The van der Waals surface area contributed by atoms with Crippen LogP contribution in [-0.4, -0.2) is 45.3 Å². The van der Waals surface area contributed by atoms with E-state index in [1.54, 1.807) is 22.6 Å². The van der Waals surface area contributed by atoms with Crippen LogP contribution in [-0.2, 0) is 73.7 Å². The van der Waals surface area contributed by atoms with Gasteiger partial charge in [-0.3, -0.25) is 0 Å². The topological polar surface area (TPSA) is 39.8 Å². The minimum absolute atomic E-state index is 0. The third-order valence-electron chi connectivity index (χ3n) is 8.22. The molecule has 14 heteroatoms. The summed E-state index contributed by atoms with van der Waals surface area (Å²) in [5.74, 6) is 0. The summed E-state index contributed by atoms with van der Waals surface area (Å²) >= 11 is -0.691. The van der Waals surface area contributed by atoms with E-state index in [0.717, 1.165) is 45.3 Å². The number of hydrogen-bond acceptors (Lipinski definition) is 0. The molecule has 0 N–H and O–H groups in total. The maximum absolute atomic E-state index is 7.50. The molecule has 2 nitrogen and oxygen atoms in total. The first-order valence-electron chi connectivity index (χ1n) is 19.4. The van der Waals surface area contributed by atoms with Crippen molar-refractivity contribution in [2.24, 2.45) is 0 Å². The van der Waals surface area contributed by atoms with Gasteiger partial charge in [0.15, 0.2) is 0 Å². The molecule has 4 aliphatic rings. The number of halogens is 4. The van der Waals surface area contributed by atoms with Crippen molar-refractivity contribution < 1.29 is 73.7 Å². The van der Waals surface area contributed by atoms with Gasteiger partial charge in [0.1, 0.15) is 0 Å². The van der Waals surface area contributed by atoms with Crippen molar-refractivity contribution in [1.29, 1.82) is 0 Å². The van der Waals surface area contributed by atoms with Crippen LogP contribution in [0.2, 0.25) is 0 Å². The van der Waals surface area contributed by atoms with Crippen molar-refractivity contribution in [2.75, 3.05) is 0 Å². The maximum Gasteiger partial charge on any atom is 2.00 e. The molecule has 344 valence electrons. The average molecular weight is 1240 g/mol. The summed E-state index contributed by atoms with van der Waals surface area (Å²) in [6.45, 7) is 46.3. The predicted molar refractivity (Wildman–Crippen MR) is 262 cm³/mol. The first-order chi connectivity index (χ1) is 27.3. The normalized spacial score (nSPS) is 17.0. The minimum atomic E-state index is -0.346. The molecule has 0 saturated heterocycles. The molecule has 0 heterocycles. The Hall–Kier alpha value is 4.65. The summed E-state index contributed by atoms with van der Waals surface area (Å²) in [4.78, 5) is 0. The smallest absolute Gasteiger partial charge is 2.00 e. The molecule has 4 rings (SSSR count). The molecule has 20 radical (unpaired) electrons.